The van der Waals surface area contributed by atoms with Crippen LogP contribution in [0.3, 0.4) is 0 Å². The summed E-state index contributed by atoms with van der Waals surface area (Å²) >= 11 is 12.0. The van der Waals surface area contributed by atoms with Crippen LogP contribution in [0.25, 0.3) is 0 Å². The van der Waals surface area contributed by atoms with E-state index in [-0.39, 0.29) is 5.91 Å². The van der Waals surface area contributed by atoms with Gasteiger partial charge in [0, 0.05) is 32.4 Å². The van der Waals surface area contributed by atoms with Crippen LogP contribution in [-0.4, -0.2) is 48.0 Å². The van der Waals surface area contributed by atoms with Crippen LogP contribution >= 0.6 is 23.2 Å². The molecule has 0 spiro atoms. The lowest BCUT2D eigenvalue weighted by molar-refractivity contribution is -0.133. The second-order valence-corrected chi connectivity index (χ2v) is 6.01. The summed E-state index contributed by atoms with van der Waals surface area (Å²) in [5.74, 6) is 0.748. The zero-order valence-electron chi connectivity index (χ0n) is 12.1. The Morgan fingerprint density at radius 3 is 2.62 bits per heavy atom. The summed E-state index contributed by atoms with van der Waals surface area (Å²) in [6, 6.07) is 1.29. The van der Waals surface area contributed by atoms with Crippen LogP contribution < -0.4 is 10.6 Å². The Morgan fingerprint density at radius 2 is 2.05 bits per heavy atom. The van der Waals surface area contributed by atoms with Gasteiger partial charge in [-0.15, -0.1) is 0 Å². The summed E-state index contributed by atoms with van der Waals surface area (Å²) in [5, 5.41) is 1.05. The Kier molecular flexibility index (Phi) is 5.67. The average molecular weight is 331 g/mol. The molecule has 116 valence electrons. The Bertz CT molecular complexity index is 504. The van der Waals surface area contributed by atoms with Gasteiger partial charge in [0.25, 0.3) is 0 Å². The van der Waals surface area contributed by atoms with Crippen LogP contribution in [0.5, 0.6) is 0 Å². The molecular weight excluding hydrogens is 311 g/mol. The second kappa shape index (κ2) is 7.29. The van der Waals surface area contributed by atoms with Crippen molar-refractivity contribution in [1.29, 1.82) is 0 Å². The van der Waals surface area contributed by atoms with Crippen LogP contribution in [-0.2, 0) is 4.79 Å². The number of carbonyl (C=O) groups is 1. The molecule has 1 aromatic heterocycles. The van der Waals surface area contributed by atoms with Crippen LogP contribution in [0.15, 0.2) is 12.3 Å². The van der Waals surface area contributed by atoms with Gasteiger partial charge in [-0.1, -0.05) is 36.5 Å². The van der Waals surface area contributed by atoms with Gasteiger partial charge < -0.3 is 15.5 Å². The lowest BCUT2D eigenvalue weighted by Crippen LogP contribution is -2.53. The lowest BCUT2D eigenvalue weighted by atomic mass is 10.1. The van der Waals surface area contributed by atoms with E-state index in [0.717, 1.165) is 12.8 Å². The molecule has 2 N–H and O–H groups in total. The number of halogens is 2. The molecule has 5 nitrogen and oxygen atoms in total. The van der Waals surface area contributed by atoms with Crippen molar-refractivity contribution in [2.75, 3.05) is 31.1 Å². The maximum Gasteiger partial charge on any atom is 0.239 e. The van der Waals surface area contributed by atoms with Gasteiger partial charge in [0.1, 0.15) is 5.82 Å². The third-order valence-electron chi connectivity index (χ3n) is 3.60. The van der Waals surface area contributed by atoms with Gasteiger partial charge in [0.05, 0.1) is 16.1 Å². The fourth-order valence-corrected chi connectivity index (χ4v) is 2.95. The summed E-state index contributed by atoms with van der Waals surface area (Å²) < 4.78 is 0. The summed E-state index contributed by atoms with van der Waals surface area (Å²) in [7, 11) is 0. The van der Waals surface area contributed by atoms with Crippen molar-refractivity contribution in [2.24, 2.45) is 5.73 Å². The van der Waals surface area contributed by atoms with E-state index in [2.05, 4.69) is 9.88 Å². The summed E-state index contributed by atoms with van der Waals surface area (Å²) in [6.45, 7) is 4.69. The van der Waals surface area contributed by atoms with Gasteiger partial charge in [0.2, 0.25) is 5.91 Å². The molecule has 1 fully saturated rings. The normalized spacial score (nSPS) is 17.0. The van der Waals surface area contributed by atoms with Gasteiger partial charge in [-0.25, -0.2) is 4.98 Å². The minimum Gasteiger partial charge on any atom is -0.352 e. The van der Waals surface area contributed by atoms with E-state index in [4.69, 9.17) is 28.9 Å². The van der Waals surface area contributed by atoms with Gasteiger partial charge >= 0.3 is 0 Å². The van der Waals surface area contributed by atoms with Gasteiger partial charge in [-0.2, -0.15) is 0 Å². The average Bonchev–Trinajstić information content (AvgIpc) is 2.47. The van der Waals surface area contributed by atoms with Crippen LogP contribution in [0.1, 0.15) is 19.8 Å². The second-order valence-electron chi connectivity index (χ2n) is 5.17. The predicted octanol–water partition coefficient (Wildman–Crippen LogP) is 2.16. The van der Waals surface area contributed by atoms with Crippen molar-refractivity contribution in [3.8, 4) is 0 Å². The molecule has 0 bridgehead atoms. The molecule has 1 aromatic rings. The van der Waals surface area contributed by atoms with Crippen LogP contribution in [0.2, 0.25) is 10.0 Å². The molecule has 7 heteroatoms. The highest BCUT2D eigenvalue weighted by Gasteiger charge is 2.26. The molecule has 0 aromatic carbocycles. The van der Waals surface area contributed by atoms with E-state index >= 15 is 0 Å². The number of nitrogens with two attached hydrogens (primary N) is 1. The van der Waals surface area contributed by atoms with Crippen molar-refractivity contribution < 1.29 is 4.79 Å². The summed E-state index contributed by atoms with van der Waals surface area (Å²) in [6.07, 6.45) is 3.22. The summed E-state index contributed by atoms with van der Waals surface area (Å²) in [5.41, 5.74) is 5.89. The molecule has 0 radical (unpaired) electrons. The van der Waals surface area contributed by atoms with E-state index < -0.39 is 6.04 Å². The number of rotatable bonds is 4. The molecule has 2 heterocycles. The van der Waals surface area contributed by atoms with E-state index in [1.807, 2.05) is 11.8 Å². The first-order valence-electron chi connectivity index (χ1n) is 7.13. The maximum atomic E-state index is 12.2. The van der Waals surface area contributed by atoms with Gasteiger partial charge in [-0.05, 0) is 12.5 Å². The minimum absolute atomic E-state index is 0.0339. The van der Waals surface area contributed by atoms with Crippen molar-refractivity contribution in [3.05, 3.63) is 22.3 Å². The molecule has 21 heavy (non-hydrogen) atoms. The van der Waals surface area contributed by atoms with Gasteiger partial charge in [0.15, 0.2) is 0 Å². The fourth-order valence-electron chi connectivity index (χ4n) is 2.45. The van der Waals surface area contributed by atoms with E-state index in [1.54, 1.807) is 12.3 Å². The van der Waals surface area contributed by atoms with Crippen molar-refractivity contribution in [1.82, 2.24) is 9.88 Å². The Hall–Kier alpha value is -1.04. The molecule has 1 amide bonds. The standard InChI is InChI=1S/C14H20Cl2N4O/c1-2-3-12(17)14(21)20-6-4-19(5-7-20)13-11(16)8-10(15)9-18-13/h8-9,12H,2-7,17H2,1H3. The topological polar surface area (TPSA) is 62.5 Å². The maximum absolute atomic E-state index is 12.2. The van der Waals surface area contributed by atoms with Crippen LogP contribution in [0.4, 0.5) is 5.82 Å². The number of pyridine rings is 1. The number of carbonyl (C=O) groups excluding carboxylic acids is 1. The number of piperazine rings is 1. The molecule has 0 saturated carbocycles. The van der Waals surface area contributed by atoms with Crippen molar-refractivity contribution in [2.45, 2.75) is 25.8 Å². The molecule has 1 saturated heterocycles. The fraction of sp³-hybridized carbons (Fsp3) is 0.571. The Labute approximate surface area is 135 Å². The first-order chi connectivity index (χ1) is 10.0. The molecule has 1 unspecified atom stereocenters. The minimum atomic E-state index is -0.390. The molecule has 2 rings (SSSR count). The molecule has 1 aliphatic heterocycles. The third kappa shape index (κ3) is 3.99. The first-order valence-corrected chi connectivity index (χ1v) is 7.89. The van der Waals surface area contributed by atoms with Gasteiger partial charge in [-0.3, -0.25) is 4.79 Å². The molecule has 1 aliphatic rings. The number of hydrogen-bond acceptors (Lipinski definition) is 4. The third-order valence-corrected chi connectivity index (χ3v) is 4.08. The van der Waals surface area contributed by atoms with E-state index in [0.29, 0.717) is 42.0 Å². The smallest absolute Gasteiger partial charge is 0.239 e. The predicted molar refractivity (Wildman–Crippen MR) is 85.9 cm³/mol. The number of anilines is 1. The highest BCUT2D eigenvalue weighted by atomic mass is 35.5. The quantitative estimate of drug-likeness (QED) is 0.918. The van der Waals surface area contributed by atoms with E-state index in [1.165, 1.54) is 0 Å². The molecular formula is C14H20Cl2N4O. The molecule has 0 aliphatic carbocycles. The number of nitrogens with zero attached hydrogens (tertiary/aromatic N) is 3. The number of hydrogen-bond donors (Lipinski definition) is 1. The zero-order valence-corrected chi connectivity index (χ0v) is 13.6. The summed E-state index contributed by atoms with van der Waals surface area (Å²) in [4.78, 5) is 20.3. The highest BCUT2D eigenvalue weighted by Crippen LogP contribution is 2.26. The lowest BCUT2D eigenvalue weighted by Gasteiger charge is -2.36. The van der Waals surface area contributed by atoms with E-state index in [9.17, 15) is 4.79 Å². The van der Waals surface area contributed by atoms with Crippen molar-refractivity contribution >= 4 is 34.9 Å². The Morgan fingerprint density at radius 1 is 1.38 bits per heavy atom. The first kappa shape index (κ1) is 16.3. The van der Waals surface area contributed by atoms with Crippen molar-refractivity contribution in [3.63, 3.8) is 0 Å². The molecule has 1 atom stereocenters. The SMILES string of the molecule is CCCC(N)C(=O)N1CCN(c2ncc(Cl)cc2Cl)CC1. The number of aromatic nitrogens is 1. The number of amides is 1. The van der Waals surface area contributed by atoms with Crippen LogP contribution in [0, 0.1) is 0 Å². The Balaban J connectivity index is 1.95. The zero-order chi connectivity index (χ0) is 15.4. The highest BCUT2D eigenvalue weighted by molar-refractivity contribution is 6.36. The monoisotopic (exact) mass is 330 g/mol. The largest absolute Gasteiger partial charge is 0.352 e.